The van der Waals surface area contributed by atoms with Gasteiger partial charge >= 0.3 is 0 Å². The molecule has 2 aliphatic rings. The lowest BCUT2D eigenvalue weighted by Gasteiger charge is -2.51. The van der Waals surface area contributed by atoms with E-state index in [0.29, 0.717) is 11.9 Å². The third-order valence-electron chi connectivity index (χ3n) is 4.84. The summed E-state index contributed by atoms with van der Waals surface area (Å²) < 4.78 is 0. The fourth-order valence-electron chi connectivity index (χ4n) is 3.76. The second kappa shape index (κ2) is 4.30. The molecule has 2 aromatic rings. The van der Waals surface area contributed by atoms with Crippen LogP contribution in [-0.4, -0.2) is 16.9 Å². The Balaban J connectivity index is 1.78. The molecule has 1 aromatic carbocycles. The van der Waals surface area contributed by atoms with Gasteiger partial charge in [-0.3, -0.25) is 9.78 Å². The highest BCUT2D eigenvalue weighted by Gasteiger charge is 2.50. The number of hydrogen-bond donors (Lipinski definition) is 0. The van der Waals surface area contributed by atoms with Gasteiger partial charge in [0.05, 0.1) is 17.1 Å². The third-order valence-corrected chi connectivity index (χ3v) is 4.84. The normalized spacial score (nSPS) is 29.1. The van der Waals surface area contributed by atoms with Crippen molar-refractivity contribution in [1.82, 2.24) is 4.98 Å². The van der Waals surface area contributed by atoms with E-state index in [9.17, 15) is 4.79 Å². The first-order valence-electron chi connectivity index (χ1n) is 7.42. The van der Waals surface area contributed by atoms with Crippen LogP contribution in [-0.2, 0) is 4.79 Å². The second-order valence-electron chi connectivity index (χ2n) is 6.15. The SMILES string of the molecule is CC1CCC2C(=O)N(c3cccc4cccnc34)C2C1. The molecule has 0 N–H and O–H groups in total. The molecular formula is C17H18N2O. The second-order valence-corrected chi connectivity index (χ2v) is 6.15. The van der Waals surface area contributed by atoms with E-state index in [1.807, 2.05) is 23.1 Å². The summed E-state index contributed by atoms with van der Waals surface area (Å²) in [5.41, 5.74) is 1.93. The first-order chi connectivity index (χ1) is 9.75. The molecule has 3 atom stereocenters. The van der Waals surface area contributed by atoms with Crippen molar-refractivity contribution >= 4 is 22.5 Å². The van der Waals surface area contributed by atoms with Crippen molar-refractivity contribution in [2.24, 2.45) is 11.8 Å². The smallest absolute Gasteiger partial charge is 0.232 e. The molecule has 0 bridgehead atoms. The Morgan fingerprint density at radius 3 is 2.95 bits per heavy atom. The fraction of sp³-hybridized carbons (Fsp3) is 0.412. The van der Waals surface area contributed by atoms with Gasteiger partial charge in [0.15, 0.2) is 0 Å². The third kappa shape index (κ3) is 1.59. The minimum Gasteiger partial charge on any atom is -0.306 e. The van der Waals surface area contributed by atoms with E-state index in [1.165, 1.54) is 6.42 Å². The largest absolute Gasteiger partial charge is 0.306 e. The van der Waals surface area contributed by atoms with Gasteiger partial charge in [0.25, 0.3) is 0 Å². The first-order valence-corrected chi connectivity index (χ1v) is 7.42. The van der Waals surface area contributed by atoms with E-state index < -0.39 is 0 Å². The minimum atomic E-state index is 0.255. The Kier molecular flexibility index (Phi) is 2.56. The predicted octanol–water partition coefficient (Wildman–Crippen LogP) is 3.39. The topological polar surface area (TPSA) is 33.2 Å². The lowest BCUT2D eigenvalue weighted by Crippen LogP contribution is -2.63. The van der Waals surface area contributed by atoms with Crippen LogP contribution in [0.3, 0.4) is 0 Å². The molecular weight excluding hydrogens is 248 g/mol. The number of β-lactam (4-membered cyclic amide) rings is 1. The van der Waals surface area contributed by atoms with E-state index in [0.717, 1.165) is 35.3 Å². The summed E-state index contributed by atoms with van der Waals surface area (Å²) in [5.74, 6) is 1.26. The van der Waals surface area contributed by atoms with Gasteiger partial charge in [-0.1, -0.05) is 25.1 Å². The zero-order valence-electron chi connectivity index (χ0n) is 11.6. The number of rotatable bonds is 1. The van der Waals surface area contributed by atoms with Gasteiger partial charge in [-0.05, 0) is 37.3 Å². The monoisotopic (exact) mass is 266 g/mol. The standard InChI is InChI=1S/C17H18N2O/c1-11-7-8-13-15(10-11)19(17(13)20)14-6-2-4-12-5-3-9-18-16(12)14/h2-6,9,11,13,15H,7-8,10H2,1H3. The minimum absolute atomic E-state index is 0.255. The van der Waals surface area contributed by atoms with Crippen LogP contribution < -0.4 is 4.90 Å². The van der Waals surface area contributed by atoms with Crippen molar-refractivity contribution in [1.29, 1.82) is 0 Å². The number of para-hydroxylation sites is 1. The predicted molar refractivity (Wildman–Crippen MR) is 79.5 cm³/mol. The molecule has 1 aromatic heterocycles. The summed E-state index contributed by atoms with van der Waals surface area (Å²) in [7, 11) is 0. The maximum Gasteiger partial charge on any atom is 0.232 e. The maximum absolute atomic E-state index is 12.4. The summed E-state index contributed by atoms with van der Waals surface area (Å²) in [5, 5.41) is 1.10. The maximum atomic E-state index is 12.4. The number of carbonyl (C=O) groups is 1. The van der Waals surface area contributed by atoms with Crippen LogP contribution >= 0.6 is 0 Å². The number of pyridine rings is 1. The quantitative estimate of drug-likeness (QED) is 0.741. The van der Waals surface area contributed by atoms with Gasteiger partial charge < -0.3 is 4.90 Å². The summed E-state index contributed by atoms with van der Waals surface area (Å²) in [6, 6.07) is 10.5. The zero-order valence-corrected chi connectivity index (χ0v) is 11.6. The van der Waals surface area contributed by atoms with Crippen LogP contribution in [0.1, 0.15) is 26.2 Å². The Bertz CT molecular complexity index is 676. The molecule has 2 fully saturated rings. The van der Waals surface area contributed by atoms with Gasteiger partial charge in [-0.2, -0.15) is 0 Å². The Labute approximate surface area is 118 Å². The number of benzene rings is 1. The molecule has 1 aliphatic carbocycles. The highest BCUT2D eigenvalue weighted by atomic mass is 16.2. The van der Waals surface area contributed by atoms with E-state index >= 15 is 0 Å². The van der Waals surface area contributed by atoms with Crippen molar-refractivity contribution in [2.45, 2.75) is 32.2 Å². The van der Waals surface area contributed by atoms with Gasteiger partial charge in [0.2, 0.25) is 5.91 Å². The first kappa shape index (κ1) is 11.9. The molecule has 3 unspecified atom stereocenters. The number of hydrogen-bond acceptors (Lipinski definition) is 2. The summed E-state index contributed by atoms with van der Waals surface area (Å²) in [6.07, 6.45) is 5.17. The van der Waals surface area contributed by atoms with Crippen LogP contribution in [0.4, 0.5) is 5.69 Å². The average Bonchev–Trinajstić information content (AvgIpc) is 2.47. The van der Waals surface area contributed by atoms with Crippen molar-refractivity contribution in [2.75, 3.05) is 4.90 Å². The highest BCUT2D eigenvalue weighted by molar-refractivity contribution is 6.08. The van der Waals surface area contributed by atoms with Gasteiger partial charge in [-0.15, -0.1) is 0 Å². The van der Waals surface area contributed by atoms with E-state index in [-0.39, 0.29) is 5.92 Å². The van der Waals surface area contributed by atoms with Gasteiger partial charge in [0.1, 0.15) is 0 Å². The van der Waals surface area contributed by atoms with Crippen LogP contribution in [0.15, 0.2) is 36.5 Å². The highest BCUT2D eigenvalue weighted by Crippen LogP contribution is 2.44. The molecule has 3 nitrogen and oxygen atoms in total. The number of carbonyl (C=O) groups excluding carboxylic acids is 1. The van der Waals surface area contributed by atoms with Crippen LogP contribution in [0.2, 0.25) is 0 Å². The van der Waals surface area contributed by atoms with Crippen LogP contribution in [0.5, 0.6) is 0 Å². The molecule has 3 heteroatoms. The van der Waals surface area contributed by atoms with Crippen molar-refractivity contribution in [3.63, 3.8) is 0 Å². The Morgan fingerprint density at radius 2 is 2.05 bits per heavy atom. The van der Waals surface area contributed by atoms with E-state index in [2.05, 4.69) is 24.0 Å². The molecule has 102 valence electrons. The fourth-order valence-corrected chi connectivity index (χ4v) is 3.76. The zero-order chi connectivity index (χ0) is 13.7. The van der Waals surface area contributed by atoms with Crippen LogP contribution in [0, 0.1) is 11.8 Å². The number of amides is 1. The molecule has 1 saturated heterocycles. The molecule has 4 rings (SSSR count). The number of anilines is 1. The molecule has 1 amide bonds. The van der Waals surface area contributed by atoms with E-state index in [4.69, 9.17) is 0 Å². The number of fused-ring (bicyclic) bond motifs is 2. The van der Waals surface area contributed by atoms with Gasteiger partial charge in [0, 0.05) is 17.6 Å². The molecule has 1 saturated carbocycles. The lowest BCUT2D eigenvalue weighted by atomic mass is 9.72. The lowest BCUT2D eigenvalue weighted by molar-refractivity contribution is -0.132. The average molecular weight is 266 g/mol. The van der Waals surface area contributed by atoms with E-state index in [1.54, 1.807) is 6.20 Å². The molecule has 0 radical (unpaired) electrons. The Morgan fingerprint density at radius 1 is 1.20 bits per heavy atom. The van der Waals surface area contributed by atoms with Gasteiger partial charge in [-0.25, -0.2) is 0 Å². The van der Waals surface area contributed by atoms with Crippen molar-refractivity contribution in [3.05, 3.63) is 36.5 Å². The van der Waals surface area contributed by atoms with Crippen molar-refractivity contribution < 1.29 is 4.79 Å². The summed E-state index contributed by atoms with van der Waals surface area (Å²) in [6.45, 7) is 2.29. The molecule has 20 heavy (non-hydrogen) atoms. The molecule has 0 spiro atoms. The molecule has 2 heterocycles. The van der Waals surface area contributed by atoms with Crippen molar-refractivity contribution in [3.8, 4) is 0 Å². The number of aromatic nitrogens is 1. The van der Waals surface area contributed by atoms with Crippen LogP contribution in [0.25, 0.3) is 10.9 Å². The summed E-state index contributed by atoms with van der Waals surface area (Å²) in [4.78, 5) is 18.9. The summed E-state index contributed by atoms with van der Waals surface area (Å²) >= 11 is 0. The number of nitrogens with zero attached hydrogens (tertiary/aromatic N) is 2. The Hall–Kier alpha value is -1.90. The molecule has 1 aliphatic heterocycles.